The summed E-state index contributed by atoms with van der Waals surface area (Å²) in [4.78, 5) is 11.4. The quantitative estimate of drug-likeness (QED) is 0.598. The molecule has 1 aromatic rings. The van der Waals surface area contributed by atoms with E-state index in [1.165, 1.54) is 6.07 Å². The summed E-state index contributed by atoms with van der Waals surface area (Å²) in [5.41, 5.74) is -0.0227. The van der Waals surface area contributed by atoms with Crippen molar-refractivity contribution in [2.75, 3.05) is 11.9 Å². The number of anilines is 1. The molecule has 106 valence electrons. The second-order valence-electron chi connectivity index (χ2n) is 4.11. The fraction of sp³-hybridized carbons (Fsp3) is 0.462. The van der Waals surface area contributed by atoms with Crippen molar-refractivity contribution in [3.8, 4) is 5.75 Å². The molecule has 6 heteroatoms. The van der Waals surface area contributed by atoms with Gasteiger partial charge in [0.15, 0.2) is 11.6 Å². The first-order valence-corrected chi connectivity index (χ1v) is 6.95. The number of aromatic hydroxyl groups is 1. The Bertz CT molecular complexity index is 440. The number of unbranched alkanes of at least 4 members (excludes halogenated alkanes) is 3. The molecule has 2 N–H and O–H groups in total. The Morgan fingerprint density at radius 3 is 2.84 bits per heavy atom. The van der Waals surface area contributed by atoms with Crippen LogP contribution < -0.4 is 5.32 Å². The van der Waals surface area contributed by atoms with Crippen LogP contribution in [0.2, 0.25) is 0 Å². The lowest BCUT2D eigenvalue weighted by molar-refractivity contribution is 0.159. The summed E-state index contributed by atoms with van der Waals surface area (Å²) in [7, 11) is 0. The van der Waals surface area contributed by atoms with Gasteiger partial charge in [0, 0.05) is 4.47 Å². The molecule has 0 saturated heterocycles. The molecule has 0 bridgehead atoms. The van der Waals surface area contributed by atoms with E-state index < -0.39 is 17.7 Å². The molecule has 0 spiro atoms. The largest absolute Gasteiger partial charge is 0.503 e. The monoisotopic (exact) mass is 333 g/mol. The Morgan fingerprint density at radius 1 is 1.42 bits per heavy atom. The van der Waals surface area contributed by atoms with Gasteiger partial charge in [-0.25, -0.2) is 9.18 Å². The second-order valence-corrected chi connectivity index (χ2v) is 5.02. The molecule has 0 aromatic heterocycles. The van der Waals surface area contributed by atoms with Gasteiger partial charge >= 0.3 is 6.09 Å². The van der Waals surface area contributed by atoms with E-state index in [1.54, 1.807) is 0 Å². The van der Waals surface area contributed by atoms with Crippen molar-refractivity contribution in [2.24, 2.45) is 0 Å². The zero-order valence-electron chi connectivity index (χ0n) is 10.7. The number of phenols is 1. The number of halogens is 2. The van der Waals surface area contributed by atoms with E-state index in [0.29, 0.717) is 11.1 Å². The Kier molecular flexibility index (Phi) is 6.62. The van der Waals surface area contributed by atoms with Crippen molar-refractivity contribution in [1.82, 2.24) is 0 Å². The number of phenolic OH excluding ortho intramolecular Hbond substituents is 1. The molecule has 1 rings (SSSR count). The van der Waals surface area contributed by atoms with Crippen LogP contribution in [0.5, 0.6) is 5.75 Å². The molecule has 4 nitrogen and oxygen atoms in total. The molecule has 0 aliphatic rings. The van der Waals surface area contributed by atoms with Crippen LogP contribution >= 0.6 is 15.9 Å². The van der Waals surface area contributed by atoms with Gasteiger partial charge in [-0.15, -0.1) is 0 Å². The molecule has 0 heterocycles. The number of hydrogen-bond acceptors (Lipinski definition) is 3. The predicted molar refractivity (Wildman–Crippen MR) is 74.9 cm³/mol. The Morgan fingerprint density at radius 2 is 2.16 bits per heavy atom. The van der Waals surface area contributed by atoms with E-state index in [4.69, 9.17) is 4.74 Å². The molecule has 0 saturated carbocycles. The van der Waals surface area contributed by atoms with E-state index >= 15 is 0 Å². The zero-order chi connectivity index (χ0) is 14.3. The summed E-state index contributed by atoms with van der Waals surface area (Å²) in [6.45, 7) is 2.40. The summed E-state index contributed by atoms with van der Waals surface area (Å²) in [6, 6.07) is 2.51. The minimum absolute atomic E-state index is 0.0227. The SMILES string of the molecule is CCCCCCOC(=O)Nc1cc(Br)cc(F)c1O. The lowest BCUT2D eigenvalue weighted by Gasteiger charge is -2.09. The molecule has 19 heavy (non-hydrogen) atoms. The summed E-state index contributed by atoms with van der Waals surface area (Å²) < 4.78 is 18.6. The standard InChI is InChI=1S/C13H17BrFNO3/c1-2-3-4-5-6-19-13(18)16-11-8-9(14)7-10(15)12(11)17/h7-8,17H,2-6H2,1H3,(H,16,18). The van der Waals surface area contributed by atoms with Crippen LogP contribution in [0, 0.1) is 5.82 Å². The van der Waals surface area contributed by atoms with Crippen LogP contribution in [0.3, 0.4) is 0 Å². The summed E-state index contributed by atoms with van der Waals surface area (Å²) >= 11 is 3.07. The van der Waals surface area contributed by atoms with E-state index in [9.17, 15) is 14.3 Å². The van der Waals surface area contributed by atoms with Gasteiger partial charge in [0.05, 0.1) is 12.3 Å². The first-order valence-electron chi connectivity index (χ1n) is 6.16. The minimum Gasteiger partial charge on any atom is -0.503 e. The van der Waals surface area contributed by atoms with Gasteiger partial charge in [-0.3, -0.25) is 5.32 Å². The Hall–Kier alpha value is -1.30. The van der Waals surface area contributed by atoms with E-state index in [-0.39, 0.29) is 5.69 Å². The average molecular weight is 334 g/mol. The van der Waals surface area contributed by atoms with E-state index in [2.05, 4.69) is 28.2 Å². The molecule has 0 aliphatic carbocycles. The molecular weight excluding hydrogens is 317 g/mol. The summed E-state index contributed by atoms with van der Waals surface area (Å²) in [6.07, 6.45) is 3.30. The van der Waals surface area contributed by atoms with Crippen LogP contribution in [0.25, 0.3) is 0 Å². The maximum absolute atomic E-state index is 13.2. The first-order chi connectivity index (χ1) is 9.04. The van der Waals surface area contributed by atoms with E-state index in [1.807, 2.05) is 0 Å². The number of benzene rings is 1. The molecule has 0 radical (unpaired) electrons. The molecule has 0 unspecified atom stereocenters. The lowest BCUT2D eigenvalue weighted by Crippen LogP contribution is -2.14. The maximum atomic E-state index is 13.2. The highest BCUT2D eigenvalue weighted by Crippen LogP contribution is 2.30. The van der Waals surface area contributed by atoms with Gasteiger partial charge in [0.25, 0.3) is 0 Å². The number of nitrogens with one attached hydrogen (secondary N) is 1. The normalized spacial score (nSPS) is 10.3. The van der Waals surface area contributed by atoms with Crippen LogP contribution in [0.15, 0.2) is 16.6 Å². The molecular formula is C13H17BrFNO3. The van der Waals surface area contributed by atoms with Gasteiger partial charge in [0.2, 0.25) is 0 Å². The predicted octanol–water partition coefficient (Wildman–Crippen LogP) is 4.42. The number of ether oxygens (including phenoxy) is 1. The Balaban J connectivity index is 2.44. The third-order valence-electron chi connectivity index (χ3n) is 2.50. The van der Waals surface area contributed by atoms with E-state index in [0.717, 1.165) is 31.7 Å². The number of carbonyl (C=O) groups is 1. The highest BCUT2D eigenvalue weighted by molar-refractivity contribution is 9.10. The van der Waals surface area contributed by atoms with Crippen molar-refractivity contribution >= 4 is 27.7 Å². The molecule has 0 atom stereocenters. The number of carbonyl (C=O) groups excluding carboxylic acids is 1. The molecule has 0 fully saturated rings. The van der Waals surface area contributed by atoms with Crippen molar-refractivity contribution in [2.45, 2.75) is 32.6 Å². The van der Waals surface area contributed by atoms with Gasteiger partial charge in [-0.2, -0.15) is 0 Å². The van der Waals surface area contributed by atoms with Gasteiger partial charge in [-0.1, -0.05) is 42.1 Å². The third-order valence-corrected chi connectivity index (χ3v) is 2.95. The van der Waals surface area contributed by atoms with Gasteiger partial charge in [0.1, 0.15) is 0 Å². The smallest absolute Gasteiger partial charge is 0.411 e. The third kappa shape index (κ3) is 5.46. The fourth-order valence-electron chi connectivity index (χ4n) is 1.50. The van der Waals surface area contributed by atoms with Crippen LogP contribution in [-0.2, 0) is 4.74 Å². The van der Waals surface area contributed by atoms with Crippen molar-refractivity contribution in [1.29, 1.82) is 0 Å². The molecule has 1 amide bonds. The van der Waals surface area contributed by atoms with Crippen LogP contribution in [-0.4, -0.2) is 17.8 Å². The van der Waals surface area contributed by atoms with Crippen molar-refractivity contribution in [3.05, 3.63) is 22.4 Å². The summed E-state index contributed by atoms with van der Waals surface area (Å²) in [5.74, 6) is -1.42. The average Bonchev–Trinajstić information content (AvgIpc) is 2.35. The van der Waals surface area contributed by atoms with Crippen LogP contribution in [0.4, 0.5) is 14.9 Å². The fourth-order valence-corrected chi connectivity index (χ4v) is 1.93. The van der Waals surface area contributed by atoms with Crippen molar-refractivity contribution in [3.63, 3.8) is 0 Å². The minimum atomic E-state index is -0.812. The number of hydrogen-bond donors (Lipinski definition) is 2. The number of amides is 1. The van der Waals surface area contributed by atoms with Gasteiger partial charge < -0.3 is 9.84 Å². The van der Waals surface area contributed by atoms with Crippen molar-refractivity contribution < 1.29 is 19.0 Å². The van der Waals surface area contributed by atoms with Crippen LogP contribution in [0.1, 0.15) is 32.6 Å². The molecule has 1 aromatic carbocycles. The summed E-state index contributed by atoms with van der Waals surface area (Å²) in [5, 5.41) is 11.7. The Labute approximate surface area is 120 Å². The topological polar surface area (TPSA) is 58.6 Å². The second kappa shape index (κ2) is 7.99. The highest BCUT2D eigenvalue weighted by Gasteiger charge is 2.12. The first kappa shape index (κ1) is 15.8. The van der Waals surface area contributed by atoms with Gasteiger partial charge in [-0.05, 0) is 18.6 Å². The lowest BCUT2D eigenvalue weighted by atomic mass is 10.2. The maximum Gasteiger partial charge on any atom is 0.411 e. The number of rotatable bonds is 6. The molecule has 0 aliphatic heterocycles. The zero-order valence-corrected chi connectivity index (χ0v) is 12.3. The highest BCUT2D eigenvalue weighted by atomic mass is 79.9.